The highest BCUT2D eigenvalue weighted by molar-refractivity contribution is 6.29. The largest absolute Gasteiger partial charge is 0.476 e. The molecule has 1 aromatic carbocycles. The molecule has 1 amide bonds. The molecule has 10 nitrogen and oxygen atoms in total. The van der Waals surface area contributed by atoms with E-state index in [2.05, 4.69) is 15.2 Å². The highest BCUT2D eigenvalue weighted by atomic mass is 35.5. The molecular weight excluding hydrogens is 496 g/mol. The Morgan fingerprint density at radius 2 is 1.86 bits per heavy atom. The Balaban J connectivity index is 1.51. The van der Waals surface area contributed by atoms with Gasteiger partial charge in [-0.1, -0.05) is 17.7 Å². The van der Waals surface area contributed by atoms with Crippen molar-refractivity contribution in [3.8, 4) is 0 Å². The molecule has 3 atom stereocenters. The van der Waals surface area contributed by atoms with Gasteiger partial charge in [0, 0.05) is 45.7 Å². The Morgan fingerprint density at radius 1 is 1.19 bits per heavy atom. The molecule has 1 aliphatic heterocycles. The van der Waals surface area contributed by atoms with Crippen LogP contribution in [0.2, 0.25) is 5.15 Å². The maximum atomic E-state index is 13.4. The number of aryl methyl sites for hydroxylation is 1. The van der Waals surface area contributed by atoms with Crippen LogP contribution in [-0.4, -0.2) is 63.6 Å². The second kappa shape index (κ2) is 9.02. The Morgan fingerprint density at radius 3 is 2.49 bits per heavy atom. The smallest absolute Gasteiger partial charge is 0.356 e. The minimum absolute atomic E-state index is 0.0441. The third-order valence-corrected chi connectivity index (χ3v) is 7.65. The molecule has 3 heterocycles. The van der Waals surface area contributed by atoms with Crippen LogP contribution in [0.4, 0.5) is 11.6 Å². The van der Waals surface area contributed by atoms with Gasteiger partial charge in [0.25, 0.3) is 5.56 Å². The van der Waals surface area contributed by atoms with Crippen molar-refractivity contribution < 1.29 is 14.7 Å². The van der Waals surface area contributed by atoms with Gasteiger partial charge in [0.2, 0.25) is 11.9 Å². The van der Waals surface area contributed by atoms with Gasteiger partial charge in [-0.05, 0) is 49.4 Å². The molecule has 0 bridgehead atoms. The van der Waals surface area contributed by atoms with Gasteiger partial charge in [0.1, 0.15) is 5.15 Å². The highest BCUT2D eigenvalue weighted by Gasteiger charge is 2.60. The van der Waals surface area contributed by atoms with Crippen LogP contribution in [0.15, 0.2) is 29.1 Å². The second-order valence-corrected chi connectivity index (χ2v) is 10.6. The fraction of sp³-hybridized carbons (Fsp3) is 0.423. The lowest BCUT2D eigenvalue weighted by atomic mass is 10.0. The molecule has 1 aliphatic carbocycles. The Labute approximate surface area is 218 Å². The predicted octanol–water partition coefficient (Wildman–Crippen LogP) is 2.93. The van der Waals surface area contributed by atoms with Gasteiger partial charge >= 0.3 is 5.97 Å². The molecular formula is C26H29ClN6O4. The maximum absolute atomic E-state index is 13.4. The molecule has 11 heteroatoms. The second-order valence-electron chi connectivity index (χ2n) is 10.2. The molecule has 2 N–H and O–H groups in total. The number of aromatic carboxylic acids is 1. The Hall–Kier alpha value is -3.66. The van der Waals surface area contributed by atoms with Gasteiger partial charge in [-0.3, -0.25) is 14.2 Å². The number of hydrogen-bond acceptors (Lipinski definition) is 7. The van der Waals surface area contributed by atoms with E-state index >= 15 is 0 Å². The molecule has 0 unspecified atom stereocenters. The van der Waals surface area contributed by atoms with E-state index in [1.165, 1.54) is 6.07 Å². The fourth-order valence-corrected chi connectivity index (χ4v) is 5.68. The first-order valence-electron chi connectivity index (χ1n) is 12.1. The van der Waals surface area contributed by atoms with Crippen molar-refractivity contribution in [2.24, 2.45) is 24.8 Å². The number of hydrogen-bond donors (Lipinski definition) is 2. The molecule has 1 saturated heterocycles. The van der Waals surface area contributed by atoms with Crippen molar-refractivity contribution in [2.45, 2.75) is 19.9 Å². The average Bonchev–Trinajstić information content (AvgIpc) is 3.33. The third-order valence-electron chi connectivity index (χ3n) is 7.44. The molecule has 5 rings (SSSR count). The number of pyridine rings is 1. The third kappa shape index (κ3) is 4.29. The van der Waals surface area contributed by atoms with Crippen molar-refractivity contribution >= 4 is 46.0 Å². The highest BCUT2D eigenvalue weighted by Crippen LogP contribution is 2.53. The summed E-state index contributed by atoms with van der Waals surface area (Å²) in [7, 11) is 5.28. The monoisotopic (exact) mass is 524 g/mol. The van der Waals surface area contributed by atoms with Crippen LogP contribution in [-0.2, 0) is 11.8 Å². The zero-order valence-electron chi connectivity index (χ0n) is 21.3. The van der Waals surface area contributed by atoms with E-state index in [1.807, 2.05) is 26.0 Å². The van der Waals surface area contributed by atoms with Crippen molar-refractivity contribution in [2.75, 3.05) is 37.4 Å². The number of carbonyl (C=O) groups excluding carboxylic acids is 1. The van der Waals surface area contributed by atoms with Gasteiger partial charge < -0.3 is 20.2 Å². The minimum Gasteiger partial charge on any atom is -0.476 e. The predicted molar refractivity (Wildman–Crippen MR) is 141 cm³/mol. The number of carboxylic acids is 1. The lowest BCUT2D eigenvalue weighted by molar-refractivity contribution is -0.130. The average molecular weight is 525 g/mol. The lowest BCUT2D eigenvalue weighted by Gasteiger charge is -2.25. The minimum atomic E-state index is -1.20. The number of piperidine rings is 1. The van der Waals surface area contributed by atoms with Crippen LogP contribution in [0, 0.1) is 24.7 Å². The molecule has 2 aromatic heterocycles. The van der Waals surface area contributed by atoms with Crippen LogP contribution in [0.3, 0.4) is 0 Å². The first kappa shape index (κ1) is 25.0. The zero-order chi connectivity index (χ0) is 26.8. The molecule has 194 valence electrons. The quantitative estimate of drug-likeness (QED) is 0.472. The molecule has 3 aromatic rings. The van der Waals surface area contributed by atoms with Crippen molar-refractivity contribution in [3.63, 3.8) is 0 Å². The van der Waals surface area contributed by atoms with Gasteiger partial charge in [-0.25, -0.2) is 14.8 Å². The van der Waals surface area contributed by atoms with Gasteiger partial charge in [-0.15, -0.1) is 0 Å². The number of fused-ring (bicyclic) bond motifs is 2. The number of halogens is 1. The molecule has 37 heavy (non-hydrogen) atoms. The van der Waals surface area contributed by atoms with Crippen molar-refractivity contribution in [3.05, 3.63) is 56.6 Å². The number of aromatic nitrogens is 3. The van der Waals surface area contributed by atoms with Crippen LogP contribution in [0.25, 0.3) is 10.9 Å². The van der Waals surface area contributed by atoms with Gasteiger partial charge in [0.15, 0.2) is 5.69 Å². The van der Waals surface area contributed by atoms with E-state index in [1.54, 1.807) is 36.7 Å². The van der Waals surface area contributed by atoms with E-state index in [-0.39, 0.29) is 46.1 Å². The number of benzene rings is 1. The van der Waals surface area contributed by atoms with Gasteiger partial charge in [-0.2, -0.15) is 0 Å². The topological polar surface area (TPSA) is 121 Å². The van der Waals surface area contributed by atoms with E-state index in [0.717, 1.165) is 11.1 Å². The van der Waals surface area contributed by atoms with Crippen LogP contribution < -0.4 is 15.8 Å². The molecule has 0 radical (unpaired) electrons. The number of carboxylic acid groups (broad SMARTS) is 1. The first-order chi connectivity index (χ1) is 17.5. The number of carbonyl (C=O) groups is 2. The SMILES string of the molecule is Cc1cc([C@H](C)Nc2ccc(Cl)nc2C(=O)O)c2nc(N3C[C@@H]4C(C(=O)N(C)C)[C@H]4C3)n(C)c(=O)c2c1. The van der Waals surface area contributed by atoms with Crippen molar-refractivity contribution in [1.82, 2.24) is 19.4 Å². The molecule has 0 spiro atoms. The van der Waals surface area contributed by atoms with E-state index in [4.69, 9.17) is 16.6 Å². The summed E-state index contributed by atoms with van der Waals surface area (Å²) in [6.45, 7) is 5.14. The number of rotatable bonds is 6. The first-order valence-corrected chi connectivity index (χ1v) is 12.5. The van der Waals surface area contributed by atoms with Gasteiger partial charge in [0.05, 0.1) is 22.6 Å². The van der Waals surface area contributed by atoms with Crippen LogP contribution in [0.1, 0.15) is 34.6 Å². The summed E-state index contributed by atoms with van der Waals surface area (Å²) in [5, 5.41) is 13.4. The Bertz CT molecular complexity index is 1490. The van der Waals surface area contributed by atoms with E-state index < -0.39 is 5.97 Å². The van der Waals surface area contributed by atoms with E-state index in [0.29, 0.717) is 35.6 Å². The lowest BCUT2D eigenvalue weighted by Crippen LogP contribution is -2.35. The summed E-state index contributed by atoms with van der Waals surface area (Å²) in [5.41, 5.74) is 2.20. The summed E-state index contributed by atoms with van der Waals surface area (Å²) < 4.78 is 1.57. The fourth-order valence-electron chi connectivity index (χ4n) is 5.53. The summed E-state index contributed by atoms with van der Waals surface area (Å²) in [4.78, 5) is 50.2. The summed E-state index contributed by atoms with van der Waals surface area (Å²) in [6, 6.07) is 6.49. The number of anilines is 2. The standard InChI is InChI=1S/C26H29ClN6O4/c1-12-8-14(13(2)28-18-6-7-19(27)29-22(18)25(36)37)21-15(9-12)23(34)32(5)26(30-21)33-10-16-17(11-33)20(16)24(35)31(3)4/h6-9,13,16-17,20,28H,10-11H2,1-5H3,(H,36,37)/t13-,16-,17-/m0/s1. The summed E-state index contributed by atoms with van der Waals surface area (Å²) >= 11 is 5.91. The number of nitrogens with one attached hydrogen (secondary N) is 1. The zero-order valence-corrected chi connectivity index (χ0v) is 22.1. The normalized spacial score (nSPS) is 21.0. The maximum Gasteiger partial charge on any atom is 0.356 e. The molecule has 2 fully saturated rings. The molecule has 1 saturated carbocycles. The summed E-state index contributed by atoms with van der Waals surface area (Å²) in [5.74, 6) is 0.115. The Kier molecular flexibility index (Phi) is 6.10. The van der Waals surface area contributed by atoms with E-state index in [9.17, 15) is 19.5 Å². The molecule has 2 aliphatic rings. The van der Waals surface area contributed by atoms with Crippen LogP contribution in [0.5, 0.6) is 0 Å². The number of amides is 1. The summed E-state index contributed by atoms with van der Waals surface area (Å²) in [6.07, 6.45) is 0. The van der Waals surface area contributed by atoms with Crippen molar-refractivity contribution in [1.29, 1.82) is 0 Å². The van der Waals surface area contributed by atoms with Crippen LogP contribution >= 0.6 is 11.6 Å². The number of nitrogens with zero attached hydrogens (tertiary/aromatic N) is 5.